The van der Waals surface area contributed by atoms with Gasteiger partial charge in [0.2, 0.25) is 0 Å². The van der Waals surface area contributed by atoms with Crippen LogP contribution in [0.3, 0.4) is 0 Å². The lowest BCUT2D eigenvalue weighted by molar-refractivity contribution is -0.0439. The van der Waals surface area contributed by atoms with Crippen LogP contribution in [0.2, 0.25) is 5.02 Å². The Kier molecular flexibility index (Phi) is 3.88. The van der Waals surface area contributed by atoms with E-state index < -0.39 is 5.60 Å². The summed E-state index contributed by atoms with van der Waals surface area (Å²) in [4.78, 5) is 14.3. The van der Waals surface area contributed by atoms with Gasteiger partial charge in [0, 0.05) is 29.6 Å². The molecular weight excluding hydrogens is 262 g/mol. The van der Waals surface area contributed by atoms with Crippen LogP contribution in [0.1, 0.15) is 36.2 Å². The van der Waals surface area contributed by atoms with Crippen molar-refractivity contribution in [3.63, 3.8) is 0 Å². The third-order valence-corrected chi connectivity index (χ3v) is 4.64. The molecule has 1 fully saturated rings. The number of amides is 1. The second kappa shape index (κ2) is 5.14. The topological polar surface area (TPSA) is 40.5 Å². The lowest BCUT2D eigenvalue weighted by atomic mass is 9.83. The standard InChI is InChI=1S/C15H20ClNO2/c1-10-9-17(8-7-15(10,3)19)14(18)12-5-4-6-13(16)11(12)2/h4-6,10,19H,7-9H2,1-3H3/t10-,15+/m0/s1. The van der Waals surface area contributed by atoms with Crippen LogP contribution >= 0.6 is 11.6 Å². The van der Waals surface area contributed by atoms with Gasteiger partial charge in [-0.05, 0) is 38.0 Å². The largest absolute Gasteiger partial charge is 0.390 e. The number of carbonyl (C=O) groups excluding carboxylic acids is 1. The van der Waals surface area contributed by atoms with E-state index in [1.165, 1.54) is 0 Å². The number of benzene rings is 1. The number of halogens is 1. The van der Waals surface area contributed by atoms with E-state index in [-0.39, 0.29) is 11.8 Å². The smallest absolute Gasteiger partial charge is 0.254 e. The monoisotopic (exact) mass is 281 g/mol. The lowest BCUT2D eigenvalue weighted by Gasteiger charge is -2.41. The van der Waals surface area contributed by atoms with Gasteiger partial charge in [0.15, 0.2) is 0 Å². The van der Waals surface area contributed by atoms with Gasteiger partial charge in [0.05, 0.1) is 5.60 Å². The van der Waals surface area contributed by atoms with Crippen LogP contribution < -0.4 is 0 Å². The van der Waals surface area contributed by atoms with Crippen LogP contribution in [-0.2, 0) is 0 Å². The molecule has 1 aromatic carbocycles. The molecule has 1 saturated heterocycles. The number of piperidine rings is 1. The zero-order chi connectivity index (χ0) is 14.2. The molecule has 2 rings (SSSR count). The highest BCUT2D eigenvalue weighted by Crippen LogP contribution is 2.29. The number of likely N-dealkylation sites (tertiary alicyclic amines) is 1. The highest BCUT2D eigenvalue weighted by molar-refractivity contribution is 6.31. The van der Waals surface area contributed by atoms with E-state index in [2.05, 4.69) is 0 Å². The normalized spacial score (nSPS) is 27.4. The molecule has 0 unspecified atom stereocenters. The highest BCUT2D eigenvalue weighted by atomic mass is 35.5. The van der Waals surface area contributed by atoms with Crippen LogP contribution in [0.25, 0.3) is 0 Å². The summed E-state index contributed by atoms with van der Waals surface area (Å²) in [6.07, 6.45) is 0.611. The average molecular weight is 282 g/mol. The maximum Gasteiger partial charge on any atom is 0.254 e. The zero-order valence-corrected chi connectivity index (χ0v) is 12.4. The summed E-state index contributed by atoms with van der Waals surface area (Å²) < 4.78 is 0. The van der Waals surface area contributed by atoms with E-state index in [0.717, 1.165) is 5.56 Å². The fourth-order valence-corrected chi connectivity index (χ4v) is 2.59. The maximum atomic E-state index is 12.5. The highest BCUT2D eigenvalue weighted by Gasteiger charge is 2.36. The SMILES string of the molecule is Cc1c(Cl)cccc1C(=O)N1CC[C@@](C)(O)[C@@H](C)C1. The molecule has 1 aliphatic rings. The van der Waals surface area contributed by atoms with Gasteiger partial charge in [0.1, 0.15) is 0 Å². The summed E-state index contributed by atoms with van der Waals surface area (Å²) in [5, 5.41) is 10.8. The molecule has 1 heterocycles. The Morgan fingerprint density at radius 3 is 2.84 bits per heavy atom. The van der Waals surface area contributed by atoms with E-state index >= 15 is 0 Å². The molecule has 0 aliphatic carbocycles. The Morgan fingerprint density at radius 1 is 1.53 bits per heavy atom. The van der Waals surface area contributed by atoms with Crippen molar-refractivity contribution in [3.8, 4) is 0 Å². The molecule has 1 amide bonds. The quantitative estimate of drug-likeness (QED) is 0.860. The Labute approximate surface area is 119 Å². The summed E-state index contributed by atoms with van der Waals surface area (Å²) in [6.45, 7) is 6.84. The first-order valence-electron chi connectivity index (χ1n) is 6.59. The lowest BCUT2D eigenvalue weighted by Crippen LogP contribution is -2.51. The van der Waals surface area contributed by atoms with E-state index in [1.54, 1.807) is 23.1 Å². The molecule has 19 heavy (non-hydrogen) atoms. The van der Waals surface area contributed by atoms with E-state index in [0.29, 0.717) is 30.1 Å². The van der Waals surface area contributed by atoms with Crippen LogP contribution in [0.15, 0.2) is 18.2 Å². The van der Waals surface area contributed by atoms with Crippen molar-refractivity contribution in [3.05, 3.63) is 34.3 Å². The van der Waals surface area contributed by atoms with Gasteiger partial charge in [-0.25, -0.2) is 0 Å². The number of carbonyl (C=O) groups is 1. The number of nitrogens with zero attached hydrogens (tertiary/aromatic N) is 1. The molecule has 1 aromatic rings. The van der Waals surface area contributed by atoms with Gasteiger partial charge in [-0.15, -0.1) is 0 Å². The molecule has 2 atom stereocenters. The summed E-state index contributed by atoms with van der Waals surface area (Å²) in [7, 11) is 0. The summed E-state index contributed by atoms with van der Waals surface area (Å²) in [6, 6.07) is 5.39. The Morgan fingerprint density at radius 2 is 2.21 bits per heavy atom. The molecule has 0 saturated carbocycles. The van der Waals surface area contributed by atoms with Crippen LogP contribution in [0.5, 0.6) is 0 Å². The third kappa shape index (κ3) is 2.77. The Bertz CT molecular complexity index is 499. The summed E-state index contributed by atoms with van der Waals surface area (Å²) in [5.74, 6) is 0.0760. The molecular formula is C15H20ClNO2. The molecule has 0 radical (unpaired) electrons. The molecule has 0 aromatic heterocycles. The third-order valence-electron chi connectivity index (χ3n) is 4.23. The van der Waals surface area contributed by atoms with Crippen molar-refractivity contribution in [1.29, 1.82) is 0 Å². The second-order valence-corrected chi connectivity index (χ2v) is 6.08. The van der Waals surface area contributed by atoms with Gasteiger partial charge in [-0.1, -0.05) is 24.6 Å². The molecule has 1 aliphatic heterocycles. The van der Waals surface area contributed by atoms with Crippen LogP contribution in [0.4, 0.5) is 0 Å². The number of hydrogen-bond donors (Lipinski definition) is 1. The van der Waals surface area contributed by atoms with Gasteiger partial charge in [0.25, 0.3) is 5.91 Å². The van der Waals surface area contributed by atoms with Crippen LogP contribution in [-0.4, -0.2) is 34.6 Å². The van der Waals surface area contributed by atoms with E-state index in [1.807, 2.05) is 20.8 Å². The fourth-order valence-electron chi connectivity index (χ4n) is 2.42. The van der Waals surface area contributed by atoms with Gasteiger partial charge < -0.3 is 10.0 Å². The Balaban J connectivity index is 2.20. The minimum Gasteiger partial charge on any atom is -0.390 e. The Hall–Kier alpha value is -1.06. The molecule has 104 valence electrons. The number of hydrogen-bond acceptors (Lipinski definition) is 2. The molecule has 1 N–H and O–H groups in total. The first-order chi connectivity index (χ1) is 8.83. The van der Waals surface area contributed by atoms with Crippen molar-refractivity contribution < 1.29 is 9.90 Å². The second-order valence-electron chi connectivity index (χ2n) is 5.67. The molecule has 4 heteroatoms. The summed E-state index contributed by atoms with van der Waals surface area (Å²) in [5.41, 5.74) is 0.792. The van der Waals surface area contributed by atoms with Gasteiger partial charge in [-0.3, -0.25) is 4.79 Å². The predicted molar refractivity (Wildman–Crippen MR) is 76.5 cm³/mol. The molecule has 0 bridgehead atoms. The summed E-state index contributed by atoms with van der Waals surface area (Å²) >= 11 is 6.06. The maximum absolute atomic E-state index is 12.5. The van der Waals surface area contributed by atoms with Crippen molar-refractivity contribution in [1.82, 2.24) is 4.90 Å². The van der Waals surface area contributed by atoms with Crippen molar-refractivity contribution >= 4 is 17.5 Å². The first kappa shape index (κ1) is 14.4. The number of rotatable bonds is 1. The average Bonchev–Trinajstić information content (AvgIpc) is 2.35. The van der Waals surface area contributed by atoms with E-state index in [4.69, 9.17) is 11.6 Å². The minimum absolute atomic E-state index is 0.00218. The molecule has 0 spiro atoms. The zero-order valence-electron chi connectivity index (χ0n) is 11.6. The number of aliphatic hydroxyl groups is 1. The van der Waals surface area contributed by atoms with Crippen molar-refractivity contribution in [2.24, 2.45) is 5.92 Å². The van der Waals surface area contributed by atoms with Crippen molar-refractivity contribution in [2.45, 2.75) is 32.8 Å². The van der Waals surface area contributed by atoms with Crippen molar-refractivity contribution in [2.75, 3.05) is 13.1 Å². The minimum atomic E-state index is -0.680. The van der Waals surface area contributed by atoms with E-state index in [9.17, 15) is 9.90 Å². The van der Waals surface area contributed by atoms with Gasteiger partial charge in [-0.2, -0.15) is 0 Å². The first-order valence-corrected chi connectivity index (χ1v) is 6.97. The molecule has 3 nitrogen and oxygen atoms in total. The van der Waals surface area contributed by atoms with Gasteiger partial charge >= 0.3 is 0 Å². The van der Waals surface area contributed by atoms with Crippen LogP contribution in [0, 0.1) is 12.8 Å². The predicted octanol–water partition coefficient (Wildman–Crippen LogP) is 2.88. The fraction of sp³-hybridized carbons (Fsp3) is 0.533.